The van der Waals surface area contributed by atoms with E-state index in [9.17, 15) is 10.2 Å². The Morgan fingerprint density at radius 2 is 1.11 bits per heavy atom. The molecule has 0 bridgehead atoms. The molecule has 0 aromatic heterocycles. The molecule has 0 radical (unpaired) electrons. The lowest BCUT2D eigenvalue weighted by Crippen LogP contribution is -2.44. The summed E-state index contributed by atoms with van der Waals surface area (Å²) in [5, 5.41) is 20.8. The smallest absolute Gasteiger partial charge is 0.167 e. The van der Waals surface area contributed by atoms with Crippen LogP contribution in [0.4, 0.5) is 0 Å². The molecule has 5 nitrogen and oxygen atoms in total. The van der Waals surface area contributed by atoms with Crippen molar-refractivity contribution in [3.8, 4) is 0 Å². The third kappa shape index (κ3) is 17.1. The molecule has 0 aromatic carbocycles. The van der Waals surface area contributed by atoms with Gasteiger partial charge in [0.25, 0.3) is 0 Å². The summed E-state index contributed by atoms with van der Waals surface area (Å²) < 4.78 is 17.9. The maximum absolute atomic E-state index is 10.2. The molecule has 7 heteroatoms. The minimum absolute atomic E-state index is 0.269. The molecule has 1 heterocycles. The summed E-state index contributed by atoms with van der Waals surface area (Å²) in [5.74, 6) is 0. The quantitative estimate of drug-likeness (QED) is 0.0915. The largest absolute Gasteiger partial charge is 0.477 e. The van der Waals surface area contributed by atoms with Gasteiger partial charge >= 0.3 is 0 Å². The van der Waals surface area contributed by atoms with Gasteiger partial charge in [0, 0.05) is 12.8 Å². The second-order valence-electron chi connectivity index (χ2n) is 10.7. The molecule has 0 aromatic rings. The van der Waals surface area contributed by atoms with Crippen molar-refractivity contribution in [2.75, 3.05) is 13.2 Å². The van der Waals surface area contributed by atoms with Crippen molar-refractivity contribution in [2.24, 2.45) is 0 Å². The molecule has 0 unspecified atom stereocenters. The number of ether oxygens (including phenoxy) is 3. The summed E-state index contributed by atoms with van der Waals surface area (Å²) in [6.45, 7) is 4.37. The Kier molecular flexibility index (Phi) is 22.1. The van der Waals surface area contributed by atoms with Crippen LogP contribution in [0, 0.1) is 0 Å². The second kappa shape index (κ2) is 23.5. The van der Waals surface area contributed by atoms with Gasteiger partial charge < -0.3 is 24.4 Å². The summed E-state index contributed by atoms with van der Waals surface area (Å²) in [4.78, 5) is 0. The predicted molar refractivity (Wildman–Crippen MR) is 161 cm³/mol. The monoisotopic (exact) mass is 560 g/mol. The van der Waals surface area contributed by atoms with Crippen molar-refractivity contribution < 1.29 is 24.4 Å². The average molecular weight is 561 g/mol. The van der Waals surface area contributed by atoms with E-state index in [1.807, 2.05) is 0 Å². The highest BCUT2D eigenvalue weighted by Crippen LogP contribution is 2.26. The van der Waals surface area contributed by atoms with E-state index in [-0.39, 0.29) is 6.61 Å². The van der Waals surface area contributed by atoms with Gasteiger partial charge in [0.05, 0.1) is 13.2 Å². The van der Waals surface area contributed by atoms with Crippen LogP contribution in [-0.2, 0) is 14.2 Å². The average Bonchev–Trinajstić information content (AvgIpc) is 3.27. The Bertz CT molecular complexity index is 574. The van der Waals surface area contributed by atoms with Gasteiger partial charge in [0.2, 0.25) is 0 Å². The summed E-state index contributed by atoms with van der Waals surface area (Å²) >= 11 is 11.0. The highest BCUT2D eigenvalue weighted by Gasteiger charge is 2.45. The Hall–Kier alpha value is -0.340. The zero-order valence-electron chi connectivity index (χ0n) is 23.8. The molecule has 0 saturated carbocycles. The zero-order chi connectivity index (χ0) is 27.1. The lowest BCUT2D eigenvalue weighted by molar-refractivity contribution is -0.0639. The van der Waals surface area contributed by atoms with Crippen molar-refractivity contribution in [3.05, 3.63) is 0 Å². The molecule has 1 aliphatic rings. The first kappa shape index (κ1) is 34.7. The van der Waals surface area contributed by atoms with Gasteiger partial charge in [0.15, 0.2) is 22.3 Å². The van der Waals surface area contributed by atoms with Gasteiger partial charge in [-0.1, -0.05) is 117 Å². The SMILES string of the molecule is CCCCCCCCCCCC(=S)O[C@H]1[C@@H]([C@H](O)CO)OC[C@@H]1OC(=S)CCCCCCCCCCC. The first-order valence-electron chi connectivity index (χ1n) is 15.3. The van der Waals surface area contributed by atoms with Crippen molar-refractivity contribution in [2.45, 2.75) is 167 Å². The van der Waals surface area contributed by atoms with E-state index < -0.39 is 31.0 Å². The summed E-state index contributed by atoms with van der Waals surface area (Å²) in [5.41, 5.74) is 0. The fraction of sp³-hybridized carbons (Fsp3) is 0.933. The number of hydrogen-bond donors (Lipinski definition) is 2. The fourth-order valence-electron chi connectivity index (χ4n) is 4.88. The molecule has 1 rings (SSSR count). The second-order valence-corrected chi connectivity index (χ2v) is 11.6. The number of hydrogen-bond acceptors (Lipinski definition) is 7. The van der Waals surface area contributed by atoms with Gasteiger partial charge in [0.1, 0.15) is 12.2 Å². The molecule has 4 atom stereocenters. The van der Waals surface area contributed by atoms with E-state index >= 15 is 0 Å². The van der Waals surface area contributed by atoms with Crippen molar-refractivity contribution in [1.82, 2.24) is 0 Å². The zero-order valence-corrected chi connectivity index (χ0v) is 25.4. The minimum atomic E-state index is -1.04. The van der Waals surface area contributed by atoms with Gasteiger partial charge in [-0.15, -0.1) is 0 Å². The first-order chi connectivity index (χ1) is 18.0. The summed E-state index contributed by atoms with van der Waals surface area (Å²) in [7, 11) is 0. The Morgan fingerprint density at radius 1 is 0.703 bits per heavy atom. The molecule has 0 amide bonds. The van der Waals surface area contributed by atoms with Crippen LogP contribution in [0.5, 0.6) is 0 Å². The fourth-order valence-corrected chi connectivity index (χ4v) is 5.41. The van der Waals surface area contributed by atoms with E-state index in [0.29, 0.717) is 16.5 Å². The van der Waals surface area contributed by atoms with E-state index in [1.54, 1.807) is 0 Å². The van der Waals surface area contributed by atoms with Crippen LogP contribution in [0.3, 0.4) is 0 Å². The third-order valence-corrected chi connectivity index (χ3v) is 7.83. The Morgan fingerprint density at radius 3 is 1.54 bits per heavy atom. The van der Waals surface area contributed by atoms with Crippen LogP contribution < -0.4 is 0 Å². The normalized spacial score (nSPS) is 20.2. The highest BCUT2D eigenvalue weighted by molar-refractivity contribution is 7.80. The molecule has 1 aliphatic heterocycles. The van der Waals surface area contributed by atoms with Crippen LogP contribution in [-0.4, -0.2) is 57.9 Å². The maximum Gasteiger partial charge on any atom is 0.167 e. The van der Waals surface area contributed by atoms with Crippen LogP contribution >= 0.6 is 24.4 Å². The van der Waals surface area contributed by atoms with Crippen LogP contribution in [0.2, 0.25) is 0 Å². The molecule has 1 fully saturated rings. The topological polar surface area (TPSA) is 68.2 Å². The van der Waals surface area contributed by atoms with E-state index in [0.717, 1.165) is 32.1 Å². The summed E-state index contributed by atoms with van der Waals surface area (Å²) in [6, 6.07) is 0. The van der Waals surface area contributed by atoms with Crippen molar-refractivity contribution in [3.63, 3.8) is 0 Å². The predicted octanol–water partition coefficient (Wildman–Crippen LogP) is 8.01. The lowest BCUT2D eigenvalue weighted by Gasteiger charge is -2.27. The first-order valence-corrected chi connectivity index (χ1v) is 16.1. The molecule has 0 aliphatic carbocycles. The molecule has 218 valence electrons. The van der Waals surface area contributed by atoms with E-state index in [1.165, 1.54) is 89.9 Å². The third-order valence-electron chi connectivity index (χ3n) is 7.23. The van der Waals surface area contributed by atoms with Gasteiger partial charge in [-0.25, -0.2) is 0 Å². The Balaban J connectivity index is 2.31. The maximum atomic E-state index is 10.2. The molecular weight excluding hydrogens is 504 g/mol. The van der Waals surface area contributed by atoms with E-state index in [4.69, 9.17) is 38.6 Å². The molecular formula is C30H56O5S2. The van der Waals surface area contributed by atoms with Crippen LogP contribution in [0.15, 0.2) is 0 Å². The number of aliphatic hydroxyl groups is 2. The Labute approximate surface area is 238 Å². The van der Waals surface area contributed by atoms with Crippen molar-refractivity contribution in [1.29, 1.82) is 0 Å². The van der Waals surface area contributed by atoms with Crippen LogP contribution in [0.1, 0.15) is 142 Å². The van der Waals surface area contributed by atoms with Crippen LogP contribution in [0.25, 0.3) is 0 Å². The molecule has 1 saturated heterocycles. The number of rotatable bonds is 24. The molecule has 0 spiro atoms. The number of aliphatic hydroxyl groups excluding tert-OH is 2. The van der Waals surface area contributed by atoms with Gasteiger partial charge in [-0.3, -0.25) is 0 Å². The summed E-state index contributed by atoms with van der Waals surface area (Å²) in [6.07, 6.45) is 21.4. The molecule has 2 N–H and O–H groups in total. The van der Waals surface area contributed by atoms with E-state index in [2.05, 4.69) is 13.8 Å². The highest BCUT2D eigenvalue weighted by atomic mass is 32.1. The van der Waals surface area contributed by atoms with Gasteiger partial charge in [-0.2, -0.15) is 0 Å². The minimum Gasteiger partial charge on any atom is -0.477 e. The van der Waals surface area contributed by atoms with Crippen molar-refractivity contribution >= 4 is 34.5 Å². The lowest BCUT2D eigenvalue weighted by atomic mass is 10.1. The standard InChI is InChI=1S/C30H56O5S2/c1-3-5-7-9-11-13-15-17-19-21-27(36)34-26-24-33-29(25(32)23-31)30(26)35-28(37)22-20-18-16-14-12-10-8-6-4-2/h25-26,29-32H,3-24H2,1-2H3/t25-,26+,29-,30-/m1/s1. The van der Waals surface area contributed by atoms with Gasteiger partial charge in [-0.05, 0) is 37.3 Å². The molecule has 37 heavy (non-hydrogen) atoms. The number of unbranched alkanes of at least 4 members (excludes halogenated alkanes) is 16. The number of thiocarbonyl (C=S) groups is 2.